The Morgan fingerprint density at radius 3 is 2.53 bits per heavy atom. The Labute approximate surface area is 173 Å². The van der Waals surface area contributed by atoms with Gasteiger partial charge in [-0.1, -0.05) is 53.0 Å². The van der Waals surface area contributed by atoms with E-state index in [1.165, 1.54) is 11.3 Å². The van der Waals surface area contributed by atoms with Gasteiger partial charge in [0.1, 0.15) is 0 Å². The van der Waals surface area contributed by atoms with E-state index in [0.717, 1.165) is 10.4 Å². The molecule has 0 unspecified atom stereocenters. The van der Waals surface area contributed by atoms with E-state index < -0.39 is 5.97 Å². The second kappa shape index (κ2) is 8.49. The van der Waals surface area contributed by atoms with E-state index in [9.17, 15) is 9.90 Å². The van der Waals surface area contributed by atoms with E-state index in [2.05, 4.69) is 36.5 Å². The topological polar surface area (TPSA) is 144 Å². The lowest BCUT2D eigenvalue weighted by Crippen LogP contribution is -2.23. The Morgan fingerprint density at radius 2 is 1.87 bits per heavy atom. The van der Waals surface area contributed by atoms with Gasteiger partial charge in [0.25, 0.3) is 0 Å². The van der Waals surface area contributed by atoms with Gasteiger partial charge in [-0.15, -0.1) is 15.3 Å². The van der Waals surface area contributed by atoms with Gasteiger partial charge in [0.05, 0.1) is 17.0 Å². The van der Waals surface area contributed by atoms with Crippen molar-refractivity contribution in [3.63, 3.8) is 0 Å². The van der Waals surface area contributed by atoms with E-state index in [1.807, 2.05) is 24.3 Å². The highest BCUT2D eigenvalue weighted by Gasteiger charge is 2.08. The zero-order valence-corrected chi connectivity index (χ0v) is 16.2. The molecule has 0 radical (unpaired) electrons. The first-order valence-electron chi connectivity index (χ1n) is 8.73. The fourth-order valence-corrected chi connectivity index (χ4v) is 3.34. The van der Waals surface area contributed by atoms with Crippen LogP contribution >= 0.6 is 11.3 Å². The number of rotatable bonds is 5. The summed E-state index contributed by atoms with van der Waals surface area (Å²) in [6.07, 6.45) is 1.75. The third kappa shape index (κ3) is 4.64. The minimum atomic E-state index is -0.891. The van der Waals surface area contributed by atoms with E-state index in [0.29, 0.717) is 27.1 Å². The van der Waals surface area contributed by atoms with Crippen molar-refractivity contribution in [3.8, 4) is 5.88 Å². The zero-order chi connectivity index (χ0) is 20.9. The van der Waals surface area contributed by atoms with Crippen LogP contribution in [-0.4, -0.2) is 21.2 Å². The molecule has 0 saturated carbocycles. The number of carboxylic acids is 1. The van der Waals surface area contributed by atoms with Crippen LogP contribution < -0.4 is 21.4 Å². The van der Waals surface area contributed by atoms with Crippen LogP contribution in [0.15, 0.2) is 69.1 Å². The number of aliphatic carboxylic acids is 1. The monoisotopic (exact) mass is 421 g/mol. The highest BCUT2D eigenvalue weighted by Crippen LogP contribution is 2.31. The van der Waals surface area contributed by atoms with Crippen molar-refractivity contribution in [1.82, 2.24) is 15.9 Å². The molecule has 2 heterocycles. The number of nitrogens with one attached hydrogen (secondary N) is 2. The Balaban J connectivity index is 1.51. The van der Waals surface area contributed by atoms with Crippen molar-refractivity contribution >= 4 is 40.0 Å². The lowest BCUT2D eigenvalue weighted by molar-refractivity contribution is -0.136. The number of carbonyl (C=O) groups is 1. The number of hydrogen-bond acceptors (Lipinski definition) is 10. The molecule has 4 N–H and O–H groups in total. The van der Waals surface area contributed by atoms with Crippen molar-refractivity contribution in [2.75, 3.05) is 0 Å². The predicted molar refractivity (Wildman–Crippen MR) is 110 cm³/mol. The van der Waals surface area contributed by atoms with Crippen molar-refractivity contribution in [2.45, 2.75) is 6.42 Å². The predicted octanol–water partition coefficient (Wildman–Crippen LogP) is 2.26. The fourth-order valence-electron chi connectivity index (χ4n) is 2.60. The summed E-state index contributed by atoms with van der Waals surface area (Å²) in [5.74, 6) is -0.391. The molecule has 0 aliphatic carbocycles. The third-order valence-corrected chi connectivity index (χ3v) is 4.90. The number of benzene rings is 2. The van der Waals surface area contributed by atoms with Gasteiger partial charge in [-0.25, -0.2) is 5.53 Å². The van der Waals surface area contributed by atoms with Gasteiger partial charge in [-0.05, 0) is 29.0 Å². The number of nitrogens with zero attached hydrogens (tertiary/aromatic N) is 5. The Bertz CT molecular complexity index is 1240. The molecule has 11 heteroatoms. The normalized spacial score (nSPS) is 12.7. The average molecular weight is 421 g/mol. The standard InChI is InChI=1S/C19H15N7O3S/c27-16(28)10-12-3-7-14(8-4-12)21-24-19-20-18(29)15(30-19)9-11-1-5-13(6-2-11)17-22-25-26-23-17/h1-9,29H,10H2,(H,22,26)(H,23,25)(H,27,28). The molecular weight excluding hydrogens is 406 g/mol. The first-order chi connectivity index (χ1) is 14.6. The van der Waals surface area contributed by atoms with Crippen LogP contribution in [0.5, 0.6) is 5.88 Å². The van der Waals surface area contributed by atoms with Crippen LogP contribution in [0.1, 0.15) is 10.4 Å². The van der Waals surface area contributed by atoms with Crippen LogP contribution in [0.25, 0.3) is 11.9 Å². The van der Waals surface area contributed by atoms with Crippen LogP contribution in [0.4, 0.5) is 10.8 Å². The summed E-state index contributed by atoms with van der Waals surface area (Å²) in [5.41, 5.74) is 6.61. The molecule has 2 aromatic carbocycles. The van der Waals surface area contributed by atoms with E-state index in [4.69, 9.17) is 5.11 Å². The molecule has 0 saturated heterocycles. The van der Waals surface area contributed by atoms with Gasteiger partial charge >= 0.3 is 5.97 Å². The minimum absolute atomic E-state index is 0.0468. The van der Waals surface area contributed by atoms with Gasteiger partial charge in [0.2, 0.25) is 11.0 Å². The smallest absolute Gasteiger partial charge is 0.307 e. The summed E-state index contributed by atoms with van der Waals surface area (Å²) in [6, 6.07) is 14.3. The van der Waals surface area contributed by atoms with Gasteiger partial charge < -0.3 is 10.2 Å². The molecule has 30 heavy (non-hydrogen) atoms. The zero-order valence-electron chi connectivity index (χ0n) is 15.4. The van der Waals surface area contributed by atoms with Crippen LogP contribution in [0.2, 0.25) is 0 Å². The second-order valence-electron chi connectivity index (χ2n) is 6.17. The molecule has 0 spiro atoms. The number of azo groups is 1. The van der Waals surface area contributed by atoms with Crippen molar-refractivity contribution in [2.24, 2.45) is 20.6 Å². The maximum Gasteiger partial charge on any atom is 0.307 e. The summed E-state index contributed by atoms with van der Waals surface area (Å²) >= 11 is 1.20. The Hall–Kier alpha value is -4.12. The molecular formula is C19H15N7O3S. The maximum absolute atomic E-state index is 10.7. The Kier molecular flexibility index (Phi) is 5.44. The number of carboxylic acid groups (broad SMARTS) is 1. The summed E-state index contributed by atoms with van der Waals surface area (Å²) < 4.78 is 0. The number of hydrazine groups is 1. The average Bonchev–Trinajstić information content (AvgIpc) is 3.38. The van der Waals surface area contributed by atoms with Crippen molar-refractivity contribution in [3.05, 3.63) is 69.4 Å². The van der Waals surface area contributed by atoms with Gasteiger partial charge in [-0.3, -0.25) is 10.2 Å². The molecule has 0 bridgehead atoms. The number of hydrogen-bond donors (Lipinski definition) is 4. The molecule has 0 amide bonds. The molecule has 1 aromatic heterocycles. The first kappa shape index (κ1) is 19.2. The third-order valence-electron chi connectivity index (χ3n) is 4.02. The number of aromatic nitrogens is 1. The highest BCUT2D eigenvalue weighted by atomic mass is 32.1. The van der Waals surface area contributed by atoms with Gasteiger partial charge in [0.15, 0.2) is 5.82 Å². The summed E-state index contributed by atoms with van der Waals surface area (Å²) in [5, 5.41) is 36.6. The maximum atomic E-state index is 10.7. The van der Waals surface area contributed by atoms with Gasteiger partial charge in [-0.2, -0.15) is 4.98 Å². The molecule has 0 atom stereocenters. The van der Waals surface area contributed by atoms with E-state index in [1.54, 1.807) is 30.3 Å². The summed E-state index contributed by atoms with van der Waals surface area (Å²) in [7, 11) is 0. The molecule has 0 fully saturated rings. The van der Waals surface area contributed by atoms with E-state index >= 15 is 0 Å². The Morgan fingerprint density at radius 1 is 1.10 bits per heavy atom. The minimum Gasteiger partial charge on any atom is -0.492 e. The molecule has 4 rings (SSSR count). The first-order valence-corrected chi connectivity index (χ1v) is 9.54. The van der Waals surface area contributed by atoms with Crippen LogP contribution in [-0.2, 0) is 11.2 Å². The van der Waals surface area contributed by atoms with Crippen molar-refractivity contribution in [1.29, 1.82) is 0 Å². The fraction of sp³-hybridized carbons (Fsp3) is 0.0526. The SMILES string of the molecule is O=C(O)Cc1ccc(N=Nc2nc(O)c(C=c3ccc(=C4N=NNN4)cc3)s2)cc1. The van der Waals surface area contributed by atoms with E-state index in [-0.39, 0.29) is 12.3 Å². The number of aromatic hydroxyl groups is 1. The highest BCUT2D eigenvalue weighted by molar-refractivity contribution is 7.16. The van der Waals surface area contributed by atoms with Crippen LogP contribution in [0.3, 0.4) is 0 Å². The summed E-state index contributed by atoms with van der Waals surface area (Å²) in [4.78, 5) is 15.3. The number of thiazole rings is 1. The lowest BCUT2D eigenvalue weighted by Gasteiger charge is -1.96. The molecule has 10 nitrogen and oxygen atoms in total. The van der Waals surface area contributed by atoms with Crippen LogP contribution in [0, 0.1) is 0 Å². The van der Waals surface area contributed by atoms with Crippen molar-refractivity contribution < 1.29 is 15.0 Å². The molecule has 1 aliphatic heterocycles. The molecule has 1 aliphatic rings. The quantitative estimate of drug-likeness (QED) is 0.465. The summed E-state index contributed by atoms with van der Waals surface area (Å²) in [6.45, 7) is 0. The second-order valence-corrected chi connectivity index (χ2v) is 7.18. The largest absolute Gasteiger partial charge is 0.492 e. The van der Waals surface area contributed by atoms with Gasteiger partial charge in [0, 0.05) is 5.22 Å². The molecule has 3 aromatic rings. The molecule has 150 valence electrons. The lowest BCUT2D eigenvalue weighted by atomic mass is 10.1.